The van der Waals surface area contributed by atoms with Crippen LogP contribution in [0, 0.1) is 5.82 Å². The SMILES string of the molecule is Fc1ccccc1-c1nccnc1NCc1ccco1. The maximum Gasteiger partial charge on any atom is 0.153 e. The van der Waals surface area contributed by atoms with Gasteiger partial charge in [-0.2, -0.15) is 0 Å². The van der Waals surface area contributed by atoms with Crippen LogP contribution in [0.15, 0.2) is 59.5 Å². The third-order valence-corrected chi connectivity index (χ3v) is 2.84. The molecule has 0 radical (unpaired) electrons. The molecule has 0 unspecified atom stereocenters. The summed E-state index contributed by atoms with van der Waals surface area (Å²) in [5.74, 6) is 0.971. The molecule has 0 spiro atoms. The van der Waals surface area contributed by atoms with Gasteiger partial charge in [-0.15, -0.1) is 0 Å². The molecule has 4 nitrogen and oxygen atoms in total. The van der Waals surface area contributed by atoms with Gasteiger partial charge in [-0.25, -0.2) is 9.37 Å². The number of halogens is 1. The minimum absolute atomic E-state index is 0.325. The summed E-state index contributed by atoms with van der Waals surface area (Å²) in [5, 5.41) is 3.11. The van der Waals surface area contributed by atoms with Crippen LogP contribution in [-0.2, 0) is 6.54 Å². The number of benzene rings is 1. The van der Waals surface area contributed by atoms with Crippen molar-refractivity contribution in [1.29, 1.82) is 0 Å². The zero-order chi connectivity index (χ0) is 13.8. The van der Waals surface area contributed by atoms with Crippen LogP contribution >= 0.6 is 0 Å². The Hall–Kier alpha value is -2.69. The van der Waals surface area contributed by atoms with Crippen LogP contribution in [0.25, 0.3) is 11.3 Å². The molecule has 2 aromatic heterocycles. The first-order valence-corrected chi connectivity index (χ1v) is 6.17. The standard InChI is InChI=1S/C15H12FN3O/c16-13-6-2-1-5-12(13)14-15(18-8-7-17-14)19-10-11-4-3-9-20-11/h1-9H,10H2,(H,18,19). The molecule has 3 aromatic rings. The summed E-state index contributed by atoms with van der Waals surface area (Å²) in [6.07, 6.45) is 4.71. The largest absolute Gasteiger partial charge is 0.467 e. The molecule has 0 amide bonds. The Bertz CT molecular complexity index is 698. The molecule has 0 bridgehead atoms. The molecular formula is C15H12FN3O. The lowest BCUT2D eigenvalue weighted by atomic mass is 10.1. The number of aromatic nitrogens is 2. The highest BCUT2D eigenvalue weighted by Crippen LogP contribution is 2.26. The molecule has 1 aromatic carbocycles. The van der Waals surface area contributed by atoms with Gasteiger partial charge in [0.15, 0.2) is 5.82 Å². The normalized spacial score (nSPS) is 10.4. The summed E-state index contributed by atoms with van der Waals surface area (Å²) in [6.45, 7) is 0.465. The average molecular weight is 269 g/mol. The van der Waals surface area contributed by atoms with Gasteiger partial charge in [-0.05, 0) is 24.3 Å². The molecule has 100 valence electrons. The molecule has 3 rings (SSSR count). The molecule has 0 saturated heterocycles. The van der Waals surface area contributed by atoms with Gasteiger partial charge < -0.3 is 9.73 Å². The second-order valence-corrected chi connectivity index (χ2v) is 4.17. The summed E-state index contributed by atoms with van der Waals surface area (Å²) in [4.78, 5) is 8.43. The maximum absolute atomic E-state index is 13.9. The number of furan rings is 1. The molecule has 0 aliphatic rings. The summed E-state index contributed by atoms with van der Waals surface area (Å²) >= 11 is 0. The fourth-order valence-corrected chi connectivity index (χ4v) is 1.90. The van der Waals surface area contributed by atoms with Crippen molar-refractivity contribution in [3.63, 3.8) is 0 Å². The predicted molar refractivity (Wildman–Crippen MR) is 73.5 cm³/mol. The topological polar surface area (TPSA) is 51.0 Å². The van der Waals surface area contributed by atoms with Gasteiger partial charge in [0.05, 0.1) is 12.8 Å². The van der Waals surface area contributed by atoms with Gasteiger partial charge in [0.2, 0.25) is 0 Å². The highest BCUT2D eigenvalue weighted by atomic mass is 19.1. The van der Waals surface area contributed by atoms with E-state index in [1.807, 2.05) is 12.1 Å². The van der Waals surface area contributed by atoms with E-state index in [1.54, 1.807) is 36.9 Å². The van der Waals surface area contributed by atoms with E-state index in [0.717, 1.165) is 5.76 Å². The van der Waals surface area contributed by atoms with Gasteiger partial charge in [-0.3, -0.25) is 4.98 Å². The summed E-state index contributed by atoms with van der Waals surface area (Å²) in [7, 11) is 0. The zero-order valence-corrected chi connectivity index (χ0v) is 10.6. The molecular weight excluding hydrogens is 257 g/mol. The van der Waals surface area contributed by atoms with Crippen LogP contribution < -0.4 is 5.32 Å². The second-order valence-electron chi connectivity index (χ2n) is 4.17. The summed E-state index contributed by atoms with van der Waals surface area (Å²) in [5.41, 5.74) is 0.903. The molecule has 5 heteroatoms. The van der Waals surface area contributed by atoms with Crippen LogP contribution in [0.5, 0.6) is 0 Å². The number of nitrogens with one attached hydrogen (secondary N) is 1. The van der Waals surface area contributed by atoms with Crippen LogP contribution in [0.3, 0.4) is 0 Å². The number of hydrogen-bond acceptors (Lipinski definition) is 4. The third kappa shape index (κ3) is 2.51. The van der Waals surface area contributed by atoms with Crippen molar-refractivity contribution < 1.29 is 8.81 Å². The van der Waals surface area contributed by atoms with Gasteiger partial charge in [0, 0.05) is 18.0 Å². The Morgan fingerprint density at radius 1 is 1.05 bits per heavy atom. The van der Waals surface area contributed by atoms with Crippen molar-refractivity contribution in [3.05, 3.63) is 66.6 Å². The lowest BCUT2D eigenvalue weighted by molar-refractivity contribution is 0.518. The Balaban J connectivity index is 1.90. The van der Waals surface area contributed by atoms with Crippen LogP contribution in [0.4, 0.5) is 10.2 Å². The van der Waals surface area contributed by atoms with E-state index in [2.05, 4.69) is 15.3 Å². The Morgan fingerprint density at radius 3 is 2.70 bits per heavy atom. The van der Waals surface area contributed by atoms with E-state index >= 15 is 0 Å². The number of rotatable bonds is 4. The Kier molecular flexibility index (Phi) is 3.41. The second kappa shape index (κ2) is 5.52. The molecule has 0 atom stereocenters. The number of hydrogen-bond donors (Lipinski definition) is 1. The lowest BCUT2D eigenvalue weighted by Crippen LogP contribution is -2.04. The van der Waals surface area contributed by atoms with Crippen molar-refractivity contribution in [1.82, 2.24) is 9.97 Å². The van der Waals surface area contributed by atoms with Gasteiger partial charge in [0.1, 0.15) is 17.3 Å². The fourth-order valence-electron chi connectivity index (χ4n) is 1.90. The molecule has 1 N–H and O–H groups in total. The van der Waals surface area contributed by atoms with Crippen LogP contribution in [-0.4, -0.2) is 9.97 Å². The van der Waals surface area contributed by atoms with Crippen LogP contribution in [0.1, 0.15) is 5.76 Å². The Labute approximate surface area is 115 Å². The first-order chi connectivity index (χ1) is 9.84. The smallest absolute Gasteiger partial charge is 0.153 e. The predicted octanol–water partition coefficient (Wildman–Crippen LogP) is 3.49. The fraction of sp³-hybridized carbons (Fsp3) is 0.0667. The highest BCUT2D eigenvalue weighted by Gasteiger charge is 2.11. The molecule has 0 aliphatic heterocycles. The number of nitrogens with zero attached hydrogens (tertiary/aromatic N) is 2. The van der Waals surface area contributed by atoms with E-state index in [4.69, 9.17) is 4.42 Å². The minimum Gasteiger partial charge on any atom is -0.467 e. The molecule has 0 saturated carbocycles. The summed E-state index contributed by atoms with van der Waals surface area (Å²) < 4.78 is 19.1. The van der Waals surface area contributed by atoms with E-state index in [1.165, 1.54) is 6.07 Å². The molecule has 0 fully saturated rings. The zero-order valence-electron chi connectivity index (χ0n) is 10.6. The van der Waals surface area contributed by atoms with Crippen molar-refractivity contribution in [2.24, 2.45) is 0 Å². The van der Waals surface area contributed by atoms with Crippen molar-refractivity contribution in [2.45, 2.75) is 6.54 Å². The maximum atomic E-state index is 13.9. The Morgan fingerprint density at radius 2 is 1.90 bits per heavy atom. The highest BCUT2D eigenvalue weighted by molar-refractivity contribution is 5.71. The summed E-state index contributed by atoms with van der Waals surface area (Å²) in [6, 6.07) is 10.2. The first-order valence-electron chi connectivity index (χ1n) is 6.17. The first kappa shape index (κ1) is 12.3. The van der Waals surface area contributed by atoms with Gasteiger partial charge in [0.25, 0.3) is 0 Å². The third-order valence-electron chi connectivity index (χ3n) is 2.84. The van der Waals surface area contributed by atoms with E-state index in [9.17, 15) is 4.39 Å². The number of anilines is 1. The molecule has 20 heavy (non-hydrogen) atoms. The monoisotopic (exact) mass is 269 g/mol. The average Bonchev–Trinajstić information content (AvgIpc) is 2.99. The van der Waals surface area contributed by atoms with Gasteiger partial charge >= 0.3 is 0 Å². The van der Waals surface area contributed by atoms with E-state index < -0.39 is 0 Å². The molecule has 0 aliphatic carbocycles. The quantitative estimate of drug-likeness (QED) is 0.787. The van der Waals surface area contributed by atoms with Gasteiger partial charge in [-0.1, -0.05) is 12.1 Å². The minimum atomic E-state index is -0.325. The van der Waals surface area contributed by atoms with E-state index in [0.29, 0.717) is 23.6 Å². The van der Waals surface area contributed by atoms with E-state index in [-0.39, 0.29) is 5.82 Å². The molecule has 2 heterocycles. The van der Waals surface area contributed by atoms with Crippen molar-refractivity contribution in [2.75, 3.05) is 5.32 Å². The van der Waals surface area contributed by atoms with Crippen molar-refractivity contribution >= 4 is 5.82 Å². The van der Waals surface area contributed by atoms with Crippen molar-refractivity contribution in [3.8, 4) is 11.3 Å². The lowest BCUT2D eigenvalue weighted by Gasteiger charge is -2.09. The van der Waals surface area contributed by atoms with Crippen LogP contribution in [0.2, 0.25) is 0 Å².